The van der Waals surface area contributed by atoms with Gasteiger partial charge in [0.15, 0.2) is 0 Å². The maximum absolute atomic E-state index is 12.2. The van der Waals surface area contributed by atoms with Gasteiger partial charge >= 0.3 is 0 Å². The summed E-state index contributed by atoms with van der Waals surface area (Å²) in [5.41, 5.74) is 5.49. The van der Waals surface area contributed by atoms with Gasteiger partial charge in [-0.2, -0.15) is 0 Å². The van der Waals surface area contributed by atoms with Crippen LogP contribution in [0.3, 0.4) is 0 Å². The van der Waals surface area contributed by atoms with Crippen molar-refractivity contribution in [3.05, 3.63) is 16.3 Å². The van der Waals surface area contributed by atoms with Crippen LogP contribution in [0.1, 0.15) is 24.6 Å². The Morgan fingerprint density at radius 2 is 2.39 bits per heavy atom. The molecular weight excluding hydrogens is 272 g/mol. The molecule has 2 atom stereocenters. The highest BCUT2D eigenvalue weighted by atomic mass is 32.2. The number of ether oxygens (including phenoxy) is 1. The number of hydrogen-bond donors (Lipinski definition) is 2. The molecule has 0 aromatic carbocycles. The van der Waals surface area contributed by atoms with Crippen molar-refractivity contribution >= 4 is 21.4 Å². The van der Waals surface area contributed by atoms with Crippen LogP contribution in [0.4, 0.5) is 0 Å². The van der Waals surface area contributed by atoms with Gasteiger partial charge in [0.05, 0.1) is 11.0 Å². The Bertz CT molecular complexity index is 498. The van der Waals surface area contributed by atoms with Gasteiger partial charge < -0.3 is 10.5 Å². The smallest absolute Gasteiger partial charge is 0.241 e. The molecule has 2 rings (SSSR count). The minimum absolute atomic E-state index is 0.0417. The molecule has 0 saturated carbocycles. The minimum Gasteiger partial charge on any atom is -0.378 e. The Kier molecular flexibility index (Phi) is 4.39. The maximum atomic E-state index is 12.2. The van der Waals surface area contributed by atoms with E-state index in [-0.39, 0.29) is 12.1 Å². The molecular formula is C11H18N2O3S2. The lowest BCUT2D eigenvalue weighted by molar-refractivity contribution is 0.0173. The van der Waals surface area contributed by atoms with Crippen molar-refractivity contribution in [2.75, 3.05) is 6.61 Å². The molecule has 2 heterocycles. The Balaban J connectivity index is 2.06. The normalized spacial score (nSPS) is 25.2. The van der Waals surface area contributed by atoms with E-state index in [0.29, 0.717) is 24.5 Å². The molecule has 1 aromatic heterocycles. The standard InChI is InChI=1S/C11H18N2O3S2/c1-8-4-9(2-3-16-8)13-18(14,15)11-5-10(6-12)17-7-11/h5,7-9,13H,2-4,6,12H2,1H3. The molecule has 1 saturated heterocycles. The van der Waals surface area contributed by atoms with E-state index in [1.54, 1.807) is 11.4 Å². The molecule has 2 unspecified atom stereocenters. The Hall–Kier alpha value is -0.470. The van der Waals surface area contributed by atoms with Crippen LogP contribution < -0.4 is 10.5 Å². The molecule has 1 aliphatic rings. The van der Waals surface area contributed by atoms with Gasteiger partial charge in [-0.1, -0.05) is 0 Å². The van der Waals surface area contributed by atoms with Gasteiger partial charge in [-0.15, -0.1) is 11.3 Å². The van der Waals surface area contributed by atoms with Gasteiger partial charge in [0.25, 0.3) is 0 Å². The third-order valence-corrected chi connectivity index (χ3v) is 5.56. The van der Waals surface area contributed by atoms with E-state index in [2.05, 4.69) is 4.72 Å². The van der Waals surface area contributed by atoms with Crippen LogP contribution in [-0.4, -0.2) is 27.2 Å². The fourth-order valence-electron chi connectivity index (χ4n) is 2.00. The van der Waals surface area contributed by atoms with Crippen LogP contribution in [-0.2, 0) is 21.3 Å². The molecule has 18 heavy (non-hydrogen) atoms. The van der Waals surface area contributed by atoms with Crippen molar-refractivity contribution in [2.45, 2.75) is 43.4 Å². The van der Waals surface area contributed by atoms with Crippen LogP contribution >= 0.6 is 11.3 Å². The van der Waals surface area contributed by atoms with Gasteiger partial charge in [0, 0.05) is 29.5 Å². The maximum Gasteiger partial charge on any atom is 0.241 e. The van der Waals surface area contributed by atoms with E-state index in [1.165, 1.54) is 11.3 Å². The summed E-state index contributed by atoms with van der Waals surface area (Å²) in [4.78, 5) is 1.18. The lowest BCUT2D eigenvalue weighted by Gasteiger charge is -2.27. The Morgan fingerprint density at radius 3 is 3.00 bits per heavy atom. The highest BCUT2D eigenvalue weighted by molar-refractivity contribution is 7.89. The SMILES string of the molecule is CC1CC(NS(=O)(=O)c2csc(CN)c2)CCO1. The highest BCUT2D eigenvalue weighted by Gasteiger charge is 2.25. The van der Waals surface area contributed by atoms with E-state index < -0.39 is 10.0 Å². The monoisotopic (exact) mass is 290 g/mol. The second-order valence-corrected chi connectivity index (χ2v) is 7.19. The van der Waals surface area contributed by atoms with E-state index in [9.17, 15) is 8.42 Å². The zero-order valence-electron chi connectivity index (χ0n) is 10.3. The summed E-state index contributed by atoms with van der Waals surface area (Å²) in [5, 5.41) is 1.63. The molecule has 1 fully saturated rings. The zero-order valence-corrected chi connectivity index (χ0v) is 11.9. The van der Waals surface area contributed by atoms with Crippen molar-refractivity contribution in [2.24, 2.45) is 5.73 Å². The molecule has 7 heteroatoms. The molecule has 0 radical (unpaired) electrons. The van der Waals surface area contributed by atoms with E-state index in [1.807, 2.05) is 6.92 Å². The molecule has 0 bridgehead atoms. The van der Waals surface area contributed by atoms with Crippen LogP contribution in [0.5, 0.6) is 0 Å². The first-order valence-corrected chi connectivity index (χ1v) is 8.29. The summed E-state index contributed by atoms with van der Waals surface area (Å²) in [7, 11) is -3.42. The molecule has 102 valence electrons. The number of rotatable bonds is 4. The predicted octanol–water partition coefficient (Wildman–Crippen LogP) is 1.05. The van der Waals surface area contributed by atoms with Gasteiger partial charge in [-0.25, -0.2) is 13.1 Å². The van der Waals surface area contributed by atoms with Crippen LogP contribution in [0.25, 0.3) is 0 Å². The minimum atomic E-state index is -3.42. The van der Waals surface area contributed by atoms with Crippen molar-refractivity contribution in [1.29, 1.82) is 0 Å². The highest BCUT2D eigenvalue weighted by Crippen LogP contribution is 2.21. The van der Waals surface area contributed by atoms with Gasteiger partial charge in [-0.3, -0.25) is 0 Å². The number of thiophene rings is 1. The second-order valence-electron chi connectivity index (χ2n) is 4.48. The fraction of sp³-hybridized carbons (Fsp3) is 0.636. The molecule has 1 aromatic rings. The number of hydrogen-bond acceptors (Lipinski definition) is 5. The van der Waals surface area contributed by atoms with Gasteiger partial charge in [0.2, 0.25) is 10.0 Å². The van der Waals surface area contributed by atoms with Crippen LogP contribution in [0.2, 0.25) is 0 Å². The molecule has 5 nitrogen and oxygen atoms in total. The average molecular weight is 290 g/mol. The Morgan fingerprint density at radius 1 is 1.61 bits per heavy atom. The number of sulfonamides is 1. The molecule has 0 aliphatic carbocycles. The summed E-state index contributed by atoms with van der Waals surface area (Å²) >= 11 is 1.37. The van der Waals surface area contributed by atoms with E-state index in [0.717, 1.165) is 11.3 Å². The summed E-state index contributed by atoms with van der Waals surface area (Å²) in [6.45, 7) is 2.93. The fourth-order valence-corrected chi connectivity index (χ4v) is 4.44. The predicted molar refractivity (Wildman–Crippen MR) is 71.0 cm³/mol. The molecule has 0 spiro atoms. The third-order valence-electron chi connectivity index (χ3n) is 2.95. The van der Waals surface area contributed by atoms with Crippen LogP contribution in [0, 0.1) is 0 Å². The second kappa shape index (κ2) is 5.66. The topological polar surface area (TPSA) is 81.4 Å². The van der Waals surface area contributed by atoms with Crippen molar-refractivity contribution in [3.8, 4) is 0 Å². The largest absolute Gasteiger partial charge is 0.378 e. The summed E-state index contributed by atoms with van der Waals surface area (Å²) < 4.78 is 32.4. The molecule has 1 aliphatic heterocycles. The summed E-state index contributed by atoms with van der Waals surface area (Å²) in [6.07, 6.45) is 1.54. The molecule has 3 N–H and O–H groups in total. The van der Waals surface area contributed by atoms with E-state index >= 15 is 0 Å². The molecule has 0 amide bonds. The Labute approximate surface area is 111 Å². The average Bonchev–Trinajstić information content (AvgIpc) is 2.77. The van der Waals surface area contributed by atoms with Gasteiger partial charge in [0.1, 0.15) is 0 Å². The van der Waals surface area contributed by atoms with Gasteiger partial charge in [-0.05, 0) is 25.8 Å². The first-order valence-electron chi connectivity index (χ1n) is 5.92. The lowest BCUT2D eigenvalue weighted by atomic mass is 10.1. The van der Waals surface area contributed by atoms with E-state index in [4.69, 9.17) is 10.5 Å². The first-order chi connectivity index (χ1) is 8.51. The first kappa shape index (κ1) is 14.0. The quantitative estimate of drug-likeness (QED) is 0.868. The third kappa shape index (κ3) is 3.30. The van der Waals surface area contributed by atoms with Crippen LogP contribution in [0.15, 0.2) is 16.3 Å². The number of nitrogens with one attached hydrogen (secondary N) is 1. The summed E-state index contributed by atoms with van der Waals surface area (Å²) in [6, 6.07) is 1.59. The summed E-state index contributed by atoms with van der Waals surface area (Å²) in [5.74, 6) is 0. The number of nitrogens with two attached hydrogens (primary N) is 1. The van der Waals surface area contributed by atoms with Crippen molar-refractivity contribution in [3.63, 3.8) is 0 Å². The zero-order chi connectivity index (χ0) is 13.2. The van der Waals surface area contributed by atoms with Crippen molar-refractivity contribution in [1.82, 2.24) is 4.72 Å². The lowest BCUT2D eigenvalue weighted by Crippen LogP contribution is -2.41. The van der Waals surface area contributed by atoms with Crippen molar-refractivity contribution < 1.29 is 13.2 Å².